The first kappa shape index (κ1) is 13.0. The minimum Gasteiger partial charge on any atom is -0.316 e. The van der Waals surface area contributed by atoms with Gasteiger partial charge in [-0.05, 0) is 51.8 Å². The molecule has 1 aromatic rings. The van der Waals surface area contributed by atoms with E-state index in [1.165, 1.54) is 6.42 Å². The minimum absolute atomic E-state index is 0.00639. The number of anilines is 1. The Hall–Kier alpha value is -1.49. The predicted molar refractivity (Wildman–Crippen MR) is 70.3 cm³/mol. The third-order valence-corrected chi connectivity index (χ3v) is 3.18. The number of nitrogens with one attached hydrogen (secondary N) is 2. The lowest BCUT2D eigenvalue weighted by Crippen LogP contribution is -2.16. The highest BCUT2D eigenvalue weighted by Gasteiger charge is 2.16. The number of nitrogens with zero attached hydrogens (tertiary/aromatic N) is 2. The lowest BCUT2D eigenvalue weighted by Gasteiger charge is -2.08. The van der Waals surface area contributed by atoms with Crippen molar-refractivity contribution in [2.75, 3.05) is 18.4 Å². The molecule has 0 saturated carbocycles. The lowest BCUT2D eigenvalue weighted by molar-refractivity contribution is -0.116. The van der Waals surface area contributed by atoms with Gasteiger partial charge in [0.05, 0.1) is 0 Å². The molecule has 0 spiro atoms. The molecule has 1 fully saturated rings. The Balaban J connectivity index is 1.82. The van der Waals surface area contributed by atoms with Crippen LogP contribution in [0, 0.1) is 19.8 Å². The number of amides is 1. The number of hydrogen-bond donors (Lipinski definition) is 2. The molecule has 0 bridgehead atoms. The molecule has 0 aliphatic carbocycles. The summed E-state index contributed by atoms with van der Waals surface area (Å²) < 4.78 is 0. The van der Waals surface area contributed by atoms with E-state index in [1.807, 2.05) is 19.9 Å². The van der Waals surface area contributed by atoms with Crippen molar-refractivity contribution < 1.29 is 4.79 Å². The molecule has 2 rings (SSSR count). The summed E-state index contributed by atoms with van der Waals surface area (Å²) in [5, 5.41) is 6.07. The molecule has 5 nitrogen and oxygen atoms in total. The van der Waals surface area contributed by atoms with Crippen molar-refractivity contribution in [1.29, 1.82) is 0 Å². The van der Waals surface area contributed by atoms with Gasteiger partial charge in [-0.2, -0.15) is 0 Å². The highest BCUT2D eigenvalue weighted by molar-refractivity contribution is 5.88. The standard InChI is InChI=1S/C13H20N4O/c1-9-7-10(2)16-13(15-9)17-12(18)4-3-11-5-6-14-8-11/h7,11,14H,3-6,8H2,1-2H3,(H,15,16,17,18). The maximum atomic E-state index is 11.8. The van der Waals surface area contributed by atoms with Crippen LogP contribution < -0.4 is 10.6 Å². The van der Waals surface area contributed by atoms with Gasteiger partial charge < -0.3 is 5.32 Å². The number of rotatable bonds is 4. The monoisotopic (exact) mass is 248 g/mol. The molecule has 0 aromatic carbocycles. The molecule has 5 heteroatoms. The van der Waals surface area contributed by atoms with E-state index in [4.69, 9.17) is 0 Å². The Morgan fingerprint density at radius 2 is 2.17 bits per heavy atom. The molecule has 2 N–H and O–H groups in total. The Morgan fingerprint density at radius 3 is 2.78 bits per heavy atom. The van der Waals surface area contributed by atoms with Gasteiger partial charge in [0.1, 0.15) is 0 Å². The second-order valence-electron chi connectivity index (χ2n) is 4.92. The van der Waals surface area contributed by atoms with Gasteiger partial charge in [0.2, 0.25) is 11.9 Å². The molecule has 0 radical (unpaired) electrons. The first-order chi connectivity index (χ1) is 8.63. The van der Waals surface area contributed by atoms with Gasteiger partial charge >= 0.3 is 0 Å². The van der Waals surface area contributed by atoms with Crippen LogP contribution in [-0.2, 0) is 4.79 Å². The van der Waals surface area contributed by atoms with Crippen LogP contribution in [0.5, 0.6) is 0 Å². The normalized spacial score (nSPS) is 18.9. The number of carbonyl (C=O) groups is 1. The van der Waals surface area contributed by atoms with Crippen LogP contribution in [0.3, 0.4) is 0 Å². The first-order valence-corrected chi connectivity index (χ1v) is 6.46. The summed E-state index contributed by atoms with van der Waals surface area (Å²) in [6.45, 7) is 5.91. The van der Waals surface area contributed by atoms with Gasteiger partial charge in [-0.3, -0.25) is 10.1 Å². The van der Waals surface area contributed by atoms with Gasteiger partial charge in [0.15, 0.2) is 0 Å². The van der Waals surface area contributed by atoms with Crippen molar-refractivity contribution in [3.05, 3.63) is 17.5 Å². The molecular weight excluding hydrogens is 228 g/mol. The second-order valence-corrected chi connectivity index (χ2v) is 4.92. The third-order valence-electron chi connectivity index (χ3n) is 3.18. The molecule has 1 amide bonds. The molecule has 18 heavy (non-hydrogen) atoms. The molecule has 98 valence electrons. The maximum Gasteiger partial charge on any atom is 0.229 e. The first-order valence-electron chi connectivity index (χ1n) is 6.46. The zero-order valence-electron chi connectivity index (χ0n) is 11.0. The van der Waals surface area contributed by atoms with E-state index in [9.17, 15) is 4.79 Å². The van der Waals surface area contributed by atoms with Crippen molar-refractivity contribution in [3.8, 4) is 0 Å². The van der Waals surface area contributed by atoms with Crippen molar-refractivity contribution in [1.82, 2.24) is 15.3 Å². The average Bonchev–Trinajstić information content (AvgIpc) is 2.77. The SMILES string of the molecule is Cc1cc(C)nc(NC(=O)CCC2CCNC2)n1. The number of hydrogen-bond acceptors (Lipinski definition) is 4. The Morgan fingerprint density at radius 1 is 1.44 bits per heavy atom. The molecule has 1 aliphatic rings. The fraction of sp³-hybridized carbons (Fsp3) is 0.615. The number of aryl methyl sites for hydroxylation is 2. The molecule has 1 atom stereocenters. The van der Waals surface area contributed by atoms with Crippen LogP contribution in [0.1, 0.15) is 30.7 Å². The van der Waals surface area contributed by atoms with Crippen LogP contribution in [0.25, 0.3) is 0 Å². The zero-order valence-corrected chi connectivity index (χ0v) is 11.0. The number of aromatic nitrogens is 2. The summed E-state index contributed by atoms with van der Waals surface area (Å²) in [5.74, 6) is 1.06. The van der Waals surface area contributed by atoms with Crippen molar-refractivity contribution >= 4 is 11.9 Å². The van der Waals surface area contributed by atoms with E-state index in [1.54, 1.807) is 0 Å². The fourth-order valence-electron chi connectivity index (χ4n) is 2.27. The molecule has 1 saturated heterocycles. The highest BCUT2D eigenvalue weighted by atomic mass is 16.1. The maximum absolute atomic E-state index is 11.8. The zero-order chi connectivity index (χ0) is 13.0. The predicted octanol–water partition coefficient (Wildman–Crippen LogP) is 1.42. The van der Waals surface area contributed by atoms with Crippen LogP contribution in [0.15, 0.2) is 6.07 Å². The molecule has 1 aromatic heterocycles. The number of carbonyl (C=O) groups excluding carboxylic acids is 1. The quantitative estimate of drug-likeness (QED) is 0.845. The Labute approximate surface area is 107 Å². The van der Waals surface area contributed by atoms with Crippen LogP contribution in [-0.4, -0.2) is 29.0 Å². The van der Waals surface area contributed by atoms with Crippen LogP contribution >= 0.6 is 0 Å². The topological polar surface area (TPSA) is 66.9 Å². The summed E-state index contributed by atoms with van der Waals surface area (Å²) in [7, 11) is 0. The Bertz CT molecular complexity index is 407. The summed E-state index contributed by atoms with van der Waals surface area (Å²) in [6, 6.07) is 1.89. The average molecular weight is 248 g/mol. The molecule has 1 unspecified atom stereocenters. The Kier molecular flexibility index (Phi) is 4.25. The van der Waals surface area contributed by atoms with E-state index in [2.05, 4.69) is 20.6 Å². The van der Waals surface area contributed by atoms with Crippen molar-refractivity contribution in [2.45, 2.75) is 33.1 Å². The van der Waals surface area contributed by atoms with Crippen LogP contribution in [0.4, 0.5) is 5.95 Å². The smallest absolute Gasteiger partial charge is 0.229 e. The van der Waals surface area contributed by atoms with Gasteiger partial charge in [0, 0.05) is 17.8 Å². The van der Waals surface area contributed by atoms with E-state index in [0.29, 0.717) is 18.3 Å². The van der Waals surface area contributed by atoms with E-state index >= 15 is 0 Å². The third kappa shape index (κ3) is 3.77. The van der Waals surface area contributed by atoms with Crippen molar-refractivity contribution in [3.63, 3.8) is 0 Å². The minimum atomic E-state index is 0.00639. The second kappa shape index (κ2) is 5.91. The molecule has 1 aliphatic heterocycles. The fourth-order valence-corrected chi connectivity index (χ4v) is 2.27. The van der Waals surface area contributed by atoms with Gasteiger partial charge in [-0.1, -0.05) is 0 Å². The van der Waals surface area contributed by atoms with Gasteiger partial charge in [-0.15, -0.1) is 0 Å². The highest BCUT2D eigenvalue weighted by Crippen LogP contribution is 2.14. The van der Waals surface area contributed by atoms with E-state index in [0.717, 1.165) is 30.9 Å². The lowest BCUT2D eigenvalue weighted by atomic mass is 10.0. The summed E-state index contributed by atoms with van der Waals surface area (Å²) >= 11 is 0. The molecule has 2 heterocycles. The van der Waals surface area contributed by atoms with Gasteiger partial charge in [0.25, 0.3) is 0 Å². The van der Waals surface area contributed by atoms with E-state index in [-0.39, 0.29) is 5.91 Å². The van der Waals surface area contributed by atoms with Crippen LogP contribution in [0.2, 0.25) is 0 Å². The summed E-state index contributed by atoms with van der Waals surface area (Å²) in [6.07, 6.45) is 2.65. The van der Waals surface area contributed by atoms with Gasteiger partial charge in [-0.25, -0.2) is 9.97 Å². The summed E-state index contributed by atoms with van der Waals surface area (Å²) in [4.78, 5) is 20.2. The van der Waals surface area contributed by atoms with Crippen molar-refractivity contribution in [2.24, 2.45) is 5.92 Å². The molecular formula is C13H20N4O. The summed E-state index contributed by atoms with van der Waals surface area (Å²) in [5.41, 5.74) is 1.75. The van der Waals surface area contributed by atoms with E-state index < -0.39 is 0 Å². The largest absolute Gasteiger partial charge is 0.316 e.